The summed E-state index contributed by atoms with van der Waals surface area (Å²) < 4.78 is 0. The topological polar surface area (TPSA) is 15.8 Å². The van der Waals surface area contributed by atoms with Gasteiger partial charge in [-0.3, -0.25) is 0 Å². The Hall–Kier alpha value is -0.950. The van der Waals surface area contributed by atoms with Crippen molar-refractivity contribution in [1.82, 2.24) is 4.98 Å². The molecule has 0 bridgehead atoms. The van der Waals surface area contributed by atoms with Crippen molar-refractivity contribution >= 4 is 22.5 Å². The summed E-state index contributed by atoms with van der Waals surface area (Å²) in [6.45, 7) is 6.06. The Morgan fingerprint density at radius 3 is 2.62 bits per heavy atom. The second-order valence-electron chi connectivity index (χ2n) is 2.69. The lowest BCUT2D eigenvalue weighted by atomic mass is 10.2. The van der Waals surface area contributed by atoms with Crippen molar-refractivity contribution in [2.24, 2.45) is 0 Å². The molecule has 2 aromatic rings. The summed E-state index contributed by atoms with van der Waals surface area (Å²) in [5.74, 6) is 0. The van der Waals surface area contributed by atoms with E-state index in [0.29, 0.717) is 0 Å². The van der Waals surface area contributed by atoms with Crippen LogP contribution in [0.2, 0.25) is 5.02 Å². The largest absolute Gasteiger partial charge is 0.360 e. The molecule has 13 heavy (non-hydrogen) atoms. The summed E-state index contributed by atoms with van der Waals surface area (Å²) in [7, 11) is 0. The fraction of sp³-hybridized carbons (Fsp3) is 0.273. The molecule has 0 saturated heterocycles. The Labute approximate surface area is 83.7 Å². The van der Waals surface area contributed by atoms with E-state index in [1.165, 1.54) is 5.56 Å². The smallest absolute Gasteiger partial charge is 0.0659 e. The number of aryl methyl sites for hydroxylation is 1. The van der Waals surface area contributed by atoms with Crippen molar-refractivity contribution < 1.29 is 0 Å². The zero-order valence-corrected chi connectivity index (χ0v) is 8.94. The molecule has 0 saturated carbocycles. The number of aromatic amines is 1. The number of hydrogen-bond donors (Lipinski definition) is 1. The molecule has 1 aromatic heterocycles. The number of halogens is 1. The lowest BCUT2D eigenvalue weighted by molar-refractivity contribution is 1.44. The predicted molar refractivity (Wildman–Crippen MR) is 59.4 cm³/mol. The summed E-state index contributed by atoms with van der Waals surface area (Å²) in [5, 5.41) is 1.89. The molecule has 1 heterocycles. The van der Waals surface area contributed by atoms with Crippen LogP contribution in [0, 0.1) is 6.92 Å². The first-order valence-electron chi connectivity index (χ1n) is 4.50. The van der Waals surface area contributed by atoms with Crippen LogP contribution in [-0.4, -0.2) is 4.98 Å². The van der Waals surface area contributed by atoms with Crippen LogP contribution in [0.25, 0.3) is 10.9 Å². The molecule has 0 aliphatic rings. The minimum Gasteiger partial charge on any atom is -0.360 e. The minimum atomic E-state index is 0.792. The van der Waals surface area contributed by atoms with Crippen LogP contribution in [-0.2, 0) is 0 Å². The second kappa shape index (κ2) is 4.33. The van der Waals surface area contributed by atoms with Gasteiger partial charge in [0.1, 0.15) is 0 Å². The Balaban J connectivity index is 0.000000396. The van der Waals surface area contributed by atoms with Crippen molar-refractivity contribution in [3.8, 4) is 0 Å². The van der Waals surface area contributed by atoms with Gasteiger partial charge in [-0.15, -0.1) is 0 Å². The molecule has 0 spiro atoms. The van der Waals surface area contributed by atoms with E-state index >= 15 is 0 Å². The molecular weight excluding hydrogens is 182 g/mol. The molecule has 2 heteroatoms. The van der Waals surface area contributed by atoms with Gasteiger partial charge in [-0.2, -0.15) is 0 Å². The quantitative estimate of drug-likeness (QED) is 0.650. The van der Waals surface area contributed by atoms with Crippen LogP contribution in [0.1, 0.15) is 19.4 Å². The SMILES string of the molecule is CC.Cc1ccc2c(Cl)c[nH]c2c1. The Morgan fingerprint density at radius 1 is 1.23 bits per heavy atom. The zero-order chi connectivity index (χ0) is 9.84. The third kappa shape index (κ3) is 2.04. The molecule has 1 N–H and O–H groups in total. The number of H-pyrrole nitrogens is 1. The average Bonchev–Trinajstić information content (AvgIpc) is 2.51. The first-order chi connectivity index (χ1) is 6.27. The first-order valence-corrected chi connectivity index (χ1v) is 4.88. The van der Waals surface area contributed by atoms with Crippen LogP contribution in [0.5, 0.6) is 0 Å². The molecule has 1 aromatic carbocycles. The number of fused-ring (bicyclic) bond motifs is 1. The molecule has 0 atom stereocenters. The molecule has 2 rings (SSSR count). The molecule has 0 amide bonds. The van der Waals surface area contributed by atoms with Gasteiger partial charge in [0.2, 0.25) is 0 Å². The molecule has 0 radical (unpaired) electrons. The van der Waals surface area contributed by atoms with Crippen molar-refractivity contribution in [1.29, 1.82) is 0 Å². The Bertz CT molecular complexity index is 390. The van der Waals surface area contributed by atoms with E-state index in [-0.39, 0.29) is 0 Å². The number of rotatable bonds is 0. The summed E-state index contributed by atoms with van der Waals surface area (Å²) in [6, 6.07) is 6.17. The van der Waals surface area contributed by atoms with E-state index in [1.54, 1.807) is 0 Å². The molecule has 0 unspecified atom stereocenters. The average molecular weight is 196 g/mol. The third-order valence-electron chi connectivity index (χ3n) is 1.79. The van der Waals surface area contributed by atoms with Gasteiger partial charge in [0.25, 0.3) is 0 Å². The molecule has 1 nitrogen and oxygen atoms in total. The fourth-order valence-corrected chi connectivity index (χ4v) is 1.42. The second-order valence-corrected chi connectivity index (χ2v) is 3.09. The molecule has 0 aliphatic carbocycles. The van der Waals surface area contributed by atoms with Gasteiger partial charge in [0.05, 0.1) is 5.02 Å². The van der Waals surface area contributed by atoms with E-state index in [2.05, 4.69) is 24.0 Å². The molecule has 0 fully saturated rings. The van der Waals surface area contributed by atoms with E-state index in [1.807, 2.05) is 26.1 Å². The number of hydrogen-bond acceptors (Lipinski definition) is 0. The van der Waals surface area contributed by atoms with Crippen LogP contribution >= 0.6 is 11.6 Å². The maximum absolute atomic E-state index is 5.89. The Kier molecular flexibility index (Phi) is 3.38. The van der Waals surface area contributed by atoms with Gasteiger partial charge < -0.3 is 4.98 Å². The van der Waals surface area contributed by atoms with Crippen molar-refractivity contribution in [3.05, 3.63) is 35.0 Å². The summed E-state index contributed by atoms with van der Waals surface area (Å²) in [6.07, 6.45) is 1.81. The normalized spacial score (nSPS) is 9.54. The summed E-state index contributed by atoms with van der Waals surface area (Å²) >= 11 is 5.89. The molecule has 0 aliphatic heterocycles. The highest BCUT2D eigenvalue weighted by atomic mass is 35.5. The van der Waals surface area contributed by atoms with Crippen molar-refractivity contribution in [2.45, 2.75) is 20.8 Å². The molecular formula is C11H14ClN. The summed E-state index contributed by atoms with van der Waals surface area (Å²) in [4.78, 5) is 3.10. The lowest BCUT2D eigenvalue weighted by Crippen LogP contribution is -1.70. The van der Waals surface area contributed by atoms with Gasteiger partial charge in [-0.05, 0) is 18.6 Å². The van der Waals surface area contributed by atoms with Gasteiger partial charge in [0, 0.05) is 17.1 Å². The van der Waals surface area contributed by atoms with Gasteiger partial charge >= 0.3 is 0 Å². The van der Waals surface area contributed by atoms with Gasteiger partial charge in [-0.1, -0.05) is 37.6 Å². The van der Waals surface area contributed by atoms with Crippen molar-refractivity contribution in [2.75, 3.05) is 0 Å². The van der Waals surface area contributed by atoms with Crippen LogP contribution in [0.4, 0.5) is 0 Å². The summed E-state index contributed by atoms with van der Waals surface area (Å²) in [5.41, 5.74) is 2.35. The highest BCUT2D eigenvalue weighted by Gasteiger charge is 1.98. The minimum absolute atomic E-state index is 0.792. The van der Waals surface area contributed by atoms with E-state index in [9.17, 15) is 0 Å². The van der Waals surface area contributed by atoms with Gasteiger partial charge in [-0.25, -0.2) is 0 Å². The highest BCUT2D eigenvalue weighted by molar-refractivity contribution is 6.35. The zero-order valence-electron chi connectivity index (χ0n) is 8.19. The van der Waals surface area contributed by atoms with E-state index in [0.717, 1.165) is 15.9 Å². The first kappa shape index (κ1) is 10.1. The molecule has 70 valence electrons. The van der Waals surface area contributed by atoms with E-state index in [4.69, 9.17) is 11.6 Å². The fourth-order valence-electron chi connectivity index (χ4n) is 1.20. The predicted octanol–water partition coefficient (Wildman–Crippen LogP) is 4.16. The van der Waals surface area contributed by atoms with Crippen LogP contribution in [0.15, 0.2) is 24.4 Å². The van der Waals surface area contributed by atoms with E-state index < -0.39 is 0 Å². The monoisotopic (exact) mass is 195 g/mol. The van der Waals surface area contributed by atoms with Gasteiger partial charge in [0.15, 0.2) is 0 Å². The van der Waals surface area contributed by atoms with Crippen molar-refractivity contribution in [3.63, 3.8) is 0 Å². The maximum atomic E-state index is 5.89. The lowest BCUT2D eigenvalue weighted by Gasteiger charge is -1.91. The third-order valence-corrected chi connectivity index (χ3v) is 2.10. The van der Waals surface area contributed by atoms with Crippen LogP contribution < -0.4 is 0 Å². The highest BCUT2D eigenvalue weighted by Crippen LogP contribution is 2.22. The number of benzene rings is 1. The Morgan fingerprint density at radius 2 is 1.92 bits per heavy atom. The standard InChI is InChI=1S/C9H8ClN.C2H6/c1-6-2-3-7-8(10)5-11-9(7)4-6;1-2/h2-5,11H,1H3;1-2H3. The number of nitrogens with one attached hydrogen (secondary N) is 1. The number of aromatic nitrogens is 1. The van der Waals surface area contributed by atoms with Crippen LogP contribution in [0.3, 0.4) is 0 Å². The maximum Gasteiger partial charge on any atom is 0.0659 e.